The summed E-state index contributed by atoms with van der Waals surface area (Å²) in [5.41, 5.74) is 4.86. The second-order valence-electron chi connectivity index (χ2n) is 9.31. The normalized spacial score (nSPS) is 24.3. The number of hydrogen-bond donors (Lipinski definition) is 3. The van der Waals surface area contributed by atoms with Crippen molar-refractivity contribution in [3.8, 4) is 17.7 Å². The molecule has 41 heavy (non-hydrogen) atoms. The fraction of sp³-hybridized carbons (Fsp3) is 0.480. The molecule has 15 nitrogen and oxygen atoms in total. The van der Waals surface area contributed by atoms with E-state index in [1.165, 1.54) is 24.7 Å². The monoisotopic (exact) mass is 589 g/mol. The molecule has 3 heterocycles. The quantitative estimate of drug-likeness (QED) is 0.205. The Kier molecular flexibility index (Phi) is 9.11. The Morgan fingerprint density at radius 2 is 2.05 bits per heavy atom. The highest BCUT2D eigenvalue weighted by Crippen LogP contribution is 2.49. The third kappa shape index (κ3) is 6.27. The number of aromatic nitrogens is 4. The zero-order valence-electron chi connectivity index (χ0n) is 23.0. The van der Waals surface area contributed by atoms with E-state index in [1.807, 2.05) is 0 Å². The van der Waals surface area contributed by atoms with Gasteiger partial charge in [-0.05, 0) is 39.8 Å². The molecule has 1 aliphatic rings. The summed E-state index contributed by atoms with van der Waals surface area (Å²) < 4.78 is 43.2. The first-order valence-electron chi connectivity index (χ1n) is 12.9. The van der Waals surface area contributed by atoms with Gasteiger partial charge in [-0.3, -0.25) is 13.9 Å². The summed E-state index contributed by atoms with van der Waals surface area (Å²) >= 11 is 0. The minimum Gasteiger partial charge on any atom is -0.476 e. The summed E-state index contributed by atoms with van der Waals surface area (Å²) in [4.78, 5) is 24.8. The number of nitrogens with zero attached hydrogens (tertiary/aromatic N) is 5. The van der Waals surface area contributed by atoms with Gasteiger partial charge in [0, 0.05) is 0 Å². The van der Waals surface area contributed by atoms with Crippen LogP contribution in [0.5, 0.6) is 11.6 Å². The second-order valence-corrected chi connectivity index (χ2v) is 11.0. The number of benzene rings is 1. The van der Waals surface area contributed by atoms with E-state index in [1.54, 1.807) is 44.2 Å². The summed E-state index contributed by atoms with van der Waals surface area (Å²) in [6.45, 7) is 6.32. The lowest BCUT2D eigenvalue weighted by Crippen LogP contribution is -2.39. The molecule has 3 aromatic rings. The van der Waals surface area contributed by atoms with Gasteiger partial charge in [0.15, 0.2) is 17.4 Å². The smallest absolute Gasteiger partial charge is 0.459 e. The number of aliphatic hydroxyl groups excluding tert-OH is 1. The van der Waals surface area contributed by atoms with E-state index in [4.69, 9.17) is 29.0 Å². The van der Waals surface area contributed by atoms with Gasteiger partial charge in [0.2, 0.25) is 11.8 Å². The zero-order valence-corrected chi connectivity index (χ0v) is 23.9. The Labute approximate surface area is 236 Å². The molecule has 4 rings (SSSR count). The number of nitrogens with two attached hydrogens (primary N) is 1. The molecule has 0 amide bonds. The van der Waals surface area contributed by atoms with Gasteiger partial charge in [-0.2, -0.15) is 20.3 Å². The average Bonchev–Trinajstić information content (AvgIpc) is 3.46. The van der Waals surface area contributed by atoms with E-state index >= 15 is 0 Å². The standard InChI is InChI=1S/C25H32N7O8P/c1-5-36-21-18-20(29-24(27)30-21)32(14-28-18)23-25(4,13-26)19(33)17(39-23)12-38-41(35,31-15(3)22(34)37-6-2)40-16-10-8-7-9-11-16/h7-11,14-15,17,19,23,33H,5-6,12H2,1-4H3,(H,31,35)(H2,27,29,30)/t15-,17+,19+,23+,25+,41?/m0/s1. The van der Waals surface area contributed by atoms with Crippen LogP contribution in [0.25, 0.3) is 11.2 Å². The highest BCUT2D eigenvalue weighted by molar-refractivity contribution is 7.52. The van der Waals surface area contributed by atoms with Crippen molar-refractivity contribution in [3.05, 3.63) is 36.7 Å². The Morgan fingerprint density at radius 3 is 2.71 bits per heavy atom. The fourth-order valence-corrected chi connectivity index (χ4v) is 5.78. The minimum atomic E-state index is -4.24. The Bertz CT molecular complexity index is 1470. The number of imidazole rings is 1. The van der Waals surface area contributed by atoms with E-state index in [0.29, 0.717) is 6.61 Å². The summed E-state index contributed by atoms with van der Waals surface area (Å²) in [5.74, 6) is -0.381. The lowest BCUT2D eigenvalue weighted by molar-refractivity contribution is -0.144. The lowest BCUT2D eigenvalue weighted by atomic mass is 9.84. The number of fused-ring (bicyclic) bond motifs is 1. The first-order valence-corrected chi connectivity index (χ1v) is 14.4. The van der Waals surface area contributed by atoms with Gasteiger partial charge in [0.05, 0.1) is 32.2 Å². The minimum absolute atomic E-state index is 0.0828. The van der Waals surface area contributed by atoms with Crippen molar-refractivity contribution in [1.82, 2.24) is 24.6 Å². The largest absolute Gasteiger partial charge is 0.476 e. The van der Waals surface area contributed by atoms with Gasteiger partial charge in [-0.1, -0.05) is 18.2 Å². The summed E-state index contributed by atoms with van der Waals surface area (Å²) in [5, 5.41) is 23.9. The predicted molar refractivity (Wildman–Crippen MR) is 144 cm³/mol. The van der Waals surface area contributed by atoms with Crippen molar-refractivity contribution >= 4 is 30.8 Å². The van der Waals surface area contributed by atoms with Crippen LogP contribution >= 0.6 is 7.75 Å². The molecular formula is C25H32N7O8P. The molecule has 1 fully saturated rings. The van der Waals surface area contributed by atoms with Crippen molar-refractivity contribution in [3.63, 3.8) is 0 Å². The van der Waals surface area contributed by atoms with Gasteiger partial charge in [-0.15, -0.1) is 0 Å². The van der Waals surface area contributed by atoms with Crippen molar-refractivity contribution in [1.29, 1.82) is 5.26 Å². The summed E-state index contributed by atoms with van der Waals surface area (Å²) in [7, 11) is -4.24. The van der Waals surface area contributed by atoms with E-state index in [9.17, 15) is 19.7 Å². The predicted octanol–water partition coefficient (Wildman–Crippen LogP) is 2.34. The van der Waals surface area contributed by atoms with Crippen molar-refractivity contribution < 1.29 is 37.7 Å². The van der Waals surface area contributed by atoms with Gasteiger partial charge in [0.25, 0.3) is 0 Å². The highest BCUT2D eigenvalue weighted by Gasteiger charge is 2.55. The van der Waals surface area contributed by atoms with E-state index in [2.05, 4.69) is 26.1 Å². The Morgan fingerprint density at radius 1 is 1.32 bits per heavy atom. The van der Waals surface area contributed by atoms with Crippen molar-refractivity contribution in [2.24, 2.45) is 5.41 Å². The van der Waals surface area contributed by atoms with Crippen LogP contribution in [0.1, 0.15) is 33.9 Å². The molecule has 1 saturated heterocycles. The molecule has 4 N–H and O–H groups in total. The van der Waals surface area contributed by atoms with Crippen LogP contribution in [0.3, 0.4) is 0 Å². The molecule has 1 aliphatic heterocycles. The third-order valence-corrected chi connectivity index (χ3v) is 7.98. The fourth-order valence-electron chi connectivity index (χ4n) is 4.27. The number of carbonyl (C=O) groups excluding carboxylic acids is 1. The molecule has 0 spiro atoms. The maximum atomic E-state index is 13.8. The van der Waals surface area contributed by atoms with E-state index < -0.39 is 50.2 Å². The number of anilines is 1. The number of rotatable bonds is 12. The number of ether oxygens (including phenoxy) is 3. The van der Waals surface area contributed by atoms with Crippen LogP contribution in [0.4, 0.5) is 5.95 Å². The van der Waals surface area contributed by atoms with Crippen molar-refractivity contribution in [2.75, 3.05) is 25.6 Å². The molecule has 6 atom stereocenters. The third-order valence-electron chi connectivity index (χ3n) is 6.33. The van der Waals surface area contributed by atoms with Gasteiger partial charge >= 0.3 is 13.7 Å². The SMILES string of the molecule is CCOC(=O)[C@H](C)NP(=O)(OC[C@H]1O[C@@H](n2cnc3c(OCC)nc(N)nc32)[C@](C)(C#N)[C@@H]1O)Oc1ccccc1. The molecular weight excluding hydrogens is 557 g/mol. The molecule has 0 saturated carbocycles. The van der Waals surface area contributed by atoms with Gasteiger partial charge < -0.3 is 29.6 Å². The summed E-state index contributed by atoms with van der Waals surface area (Å²) in [6.07, 6.45) is -2.29. The number of nitrogens with one attached hydrogen (secondary N) is 1. The van der Waals surface area contributed by atoms with Gasteiger partial charge in [-0.25, -0.2) is 9.55 Å². The number of carbonyl (C=O) groups is 1. The van der Waals surface area contributed by atoms with Gasteiger partial charge in [0.1, 0.15) is 29.4 Å². The highest BCUT2D eigenvalue weighted by atomic mass is 31.2. The van der Waals surface area contributed by atoms with E-state index in [-0.39, 0.29) is 35.3 Å². The maximum Gasteiger partial charge on any atom is 0.459 e. The number of aliphatic hydroxyl groups is 1. The van der Waals surface area contributed by atoms with Crippen molar-refractivity contribution in [2.45, 2.75) is 52.2 Å². The molecule has 0 radical (unpaired) electrons. The molecule has 0 aliphatic carbocycles. The lowest BCUT2D eigenvalue weighted by Gasteiger charge is -2.26. The maximum absolute atomic E-state index is 13.8. The number of para-hydroxylation sites is 1. The molecule has 0 bridgehead atoms. The van der Waals surface area contributed by atoms with Crippen LogP contribution < -0.4 is 20.1 Å². The van der Waals surface area contributed by atoms with E-state index in [0.717, 1.165) is 0 Å². The Hall–Kier alpha value is -3.80. The van der Waals surface area contributed by atoms with Crippen LogP contribution in [0.2, 0.25) is 0 Å². The zero-order chi connectivity index (χ0) is 29.8. The second kappa shape index (κ2) is 12.4. The molecule has 1 aromatic carbocycles. The summed E-state index contributed by atoms with van der Waals surface area (Å²) in [6, 6.07) is 9.26. The number of nitrogen functional groups attached to an aromatic ring is 1. The molecule has 220 valence electrons. The Balaban J connectivity index is 1.60. The van der Waals surface area contributed by atoms with Crippen LogP contribution in [0.15, 0.2) is 36.7 Å². The van der Waals surface area contributed by atoms with Crippen LogP contribution in [0, 0.1) is 16.7 Å². The van der Waals surface area contributed by atoms with Crippen LogP contribution in [-0.2, 0) is 23.4 Å². The molecule has 1 unspecified atom stereocenters. The molecule has 2 aromatic heterocycles. The molecule has 16 heteroatoms. The number of hydrogen-bond acceptors (Lipinski definition) is 13. The number of nitriles is 1. The topological polar surface area (TPSA) is 206 Å². The number of esters is 1. The average molecular weight is 590 g/mol. The first kappa shape index (κ1) is 30.2. The first-order chi connectivity index (χ1) is 19.5. The van der Waals surface area contributed by atoms with Crippen LogP contribution in [-0.4, -0.2) is 68.7 Å².